The van der Waals surface area contributed by atoms with E-state index in [1.807, 2.05) is 59.5 Å². The van der Waals surface area contributed by atoms with Crippen LogP contribution in [0.4, 0.5) is 4.79 Å². The van der Waals surface area contributed by atoms with Gasteiger partial charge in [0.1, 0.15) is 17.3 Å². The number of hydrogen-bond donors (Lipinski definition) is 0. The predicted octanol–water partition coefficient (Wildman–Crippen LogP) is 4.87. The quantitative estimate of drug-likeness (QED) is 0.407. The van der Waals surface area contributed by atoms with Crippen LogP contribution < -0.4 is 0 Å². The van der Waals surface area contributed by atoms with Crippen molar-refractivity contribution >= 4 is 6.09 Å². The molecule has 0 N–H and O–H groups in total. The van der Waals surface area contributed by atoms with Crippen LogP contribution in [0.25, 0.3) is 0 Å². The van der Waals surface area contributed by atoms with Crippen LogP contribution in [-0.2, 0) is 23.2 Å². The molecule has 2 saturated heterocycles. The lowest BCUT2D eigenvalue weighted by molar-refractivity contribution is 0.00516. The first-order chi connectivity index (χ1) is 17.2. The Morgan fingerprint density at radius 1 is 0.857 bits per heavy atom. The maximum Gasteiger partial charge on any atom is 0.410 e. The molecular formula is C29H27N3O3. The summed E-state index contributed by atoms with van der Waals surface area (Å²) in [5.74, 6) is 0.714. The summed E-state index contributed by atoms with van der Waals surface area (Å²) in [5, 5.41) is 0. The number of carbonyl (C=O) groups is 1. The van der Waals surface area contributed by atoms with Crippen molar-refractivity contribution in [3.05, 3.63) is 126 Å². The van der Waals surface area contributed by atoms with E-state index in [0.29, 0.717) is 25.4 Å². The van der Waals surface area contributed by atoms with E-state index in [9.17, 15) is 4.79 Å². The lowest BCUT2D eigenvalue weighted by Gasteiger charge is -2.48. The Labute approximate surface area is 204 Å². The topological polar surface area (TPSA) is 58.8 Å². The summed E-state index contributed by atoms with van der Waals surface area (Å²) in [4.78, 5) is 21.9. The van der Waals surface area contributed by atoms with Crippen LogP contribution in [0.2, 0.25) is 0 Å². The maximum absolute atomic E-state index is 13.3. The molecule has 0 bridgehead atoms. The van der Waals surface area contributed by atoms with Crippen LogP contribution in [0.3, 0.4) is 0 Å². The molecule has 6 nitrogen and oxygen atoms in total. The lowest BCUT2D eigenvalue weighted by Crippen LogP contribution is -2.62. The van der Waals surface area contributed by atoms with Crippen LogP contribution in [0, 0.1) is 0 Å². The number of oxazole rings is 1. The molecule has 4 aromatic rings. The van der Waals surface area contributed by atoms with E-state index in [-0.39, 0.29) is 12.1 Å². The zero-order valence-corrected chi connectivity index (χ0v) is 19.4. The standard InChI is InChI=1S/C29H27N3O3/c33-28-32(18-23-12-6-2-7-13-23)25-19-31(17-22-10-4-1-5-11-22)20-29(27(25)35-28,26-16-30-21-34-26)24-14-8-3-9-15-24/h1-16,21,25,27H,17-20H2/t25-,27-,29+/m0/s1. The van der Waals surface area contributed by atoms with Gasteiger partial charge >= 0.3 is 6.09 Å². The van der Waals surface area contributed by atoms with Crippen molar-refractivity contribution in [3.63, 3.8) is 0 Å². The number of rotatable bonds is 6. The molecule has 2 aliphatic rings. The summed E-state index contributed by atoms with van der Waals surface area (Å²) in [7, 11) is 0. The van der Waals surface area contributed by atoms with E-state index in [1.165, 1.54) is 12.0 Å². The van der Waals surface area contributed by atoms with Crippen molar-refractivity contribution in [2.24, 2.45) is 0 Å². The minimum Gasteiger partial charge on any atom is -0.447 e. The molecule has 3 heterocycles. The van der Waals surface area contributed by atoms with Gasteiger partial charge in [-0.1, -0.05) is 91.0 Å². The Bertz CT molecular complexity index is 1260. The van der Waals surface area contributed by atoms with E-state index in [4.69, 9.17) is 9.15 Å². The number of nitrogens with zero attached hydrogens (tertiary/aromatic N) is 3. The second kappa shape index (κ2) is 9.04. The lowest BCUT2D eigenvalue weighted by atomic mass is 9.68. The monoisotopic (exact) mass is 465 g/mol. The molecule has 0 radical (unpaired) electrons. The van der Waals surface area contributed by atoms with E-state index in [2.05, 4.69) is 46.3 Å². The average Bonchev–Trinajstić information content (AvgIpc) is 3.55. The highest BCUT2D eigenvalue weighted by atomic mass is 16.6. The minimum absolute atomic E-state index is 0.148. The number of fused-ring (bicyclic) bond motifs is 1. The zero-order valence-electron chi connectivity index (χ0n) is 19.4. The van der Waals surface area contributed by atoms with Gasteiger partial charge in [-0.3, -0.25) is 9.80 Å². The van der Waals surface area contributed by atoms with Gasteiger partial charge < -0.3 is 9.15 Å². The molecule has 0 saturated carbocycles. The molecule has 6 heteroatoms. The van der Waals surface area contributed by atoms with Crippen LogP contribution in [0.5, 0.6) is 0 Å². The first-order valence-corrected chi connectivity index (χ1v) is 12.0. The highest BCUT2D eigenvalue weighted by Crippen LogP contribution is 2.46. The van der Waals surface area contributed by atoms with Crippen molar-refractivity contribution in [1.82, 2.24) is 14.8 Å². The van der Waals surface area contributed by atoms with Gasteiger partial charge in [-0.25, -0.2) is 9.78 Å². The third kappa shape index (κ3) is 3.90. The highest BCUT2D eigenvalue weighted by molar-refractivity contribution is 5.72. The number of ether oxygens (including phenoxy) is 1. The first-order valence-electron chi connectivity index (χ1n) is 12.0. The molecule has 176 valence electrons. The SMILES string of the molecule is O=C1O[C@H]2[C@H](CN(Cc3ccccc3)C[C@@]2(c2ccccc2)c2cnco2)N1Cc1ccccc1. The summed E-state index contributed by atoms with van der Waals surface area (Å²) < 4.78 is 12.2. The van der Waals surface area contributed by atoms with E-state index in [0.717, 1.165) is 17.7 Å². The van der Waals surface area contributed by atoms with Crippen molar-refractivity contribution in [1.29, 1.82) is 0 Å². The molecular weight excluding hydrogens is 438 g/mol. The number of piperidine rings is 1. The minimum atomic E-state index is -0.684. The first kappa shape index (κ1) is 21.6. The molecule has 0 spiro atoms. The smallest absolute Gasteiger partial charge is 0.410 e. The molecule has 3 atom stereocenters. The second-order valence-electron chi connectivity index (χ2n) is 9.34. The Balaban J connectivity index is 1.45. The third-order valence-electron chi connectivity index (χ3n) is 7.22. The maximum atomic E-state index is 13.3. The number of carbonyl (C=O) groups excluding carboxylic acids is 1. The molecule has 35 heavy (non-hydrogen) atoms. The van der Waals surface area contributed by atoms with E-state index in [1.54, 1.807) is 6.20 Å². The van der Waals surface area contributed by atoms with E-state index >= 15 is 0 Å². The number of benzene rings is 3. The number of amides is 1. The van der Waals surface area contributed by atoms with Crippen molar-refractivity contribution in [2.45, 2.75) is 30.7 Å². The number of likely N-dealkylation sites (tertiary alicyclic amines) is 1. The molecule has 3 aromatic carbocycles. The molecule has 0 aliphatic carbocycles. The van der Waals surface area contributed by atoms with Gasteiger partial charge in [0.2, 0.25) is 0 Å². The fraction of sp³-hybridized carbons (Fsp3) is 0.241. The molecule has 0 unspecified atom stereocenters. The van der Waals surface area contributed by atoms with E-state index < -0.39 is 11.5 Å². The Hall–Kier alpha value is -3.90. The predicted molar refractivity (Wildman–Crippen MR) is 131 cm³/mol. The van der Waals surface area contributed by atoms with Gasteiger partial charge in [0, 0.05) is 26.2 Å². The Kier molecular flexibility index (Phi) is 5.58. The molecule has 6 rings (SSSR count). The van der Waals surface area contributed by atoms with Gasteiger partial charge in [0.15, 0.2) is 6.39 Å². The van der Waals surface area contributed by atoms with Crippen LogP contribution in [0.15, 0.2) is 108 Å². The van der Waals surface area contributed by atoms with Gasteiger partial charge in [-0.15, -0.1) is 0 Å². The number of hydrogen-bond acceptors (Lipinski definition) is 5. The number of aromatic nitrogens is 1. The summed E-state index contributed by atoms with van der Waals surface area (Å²) in [5.41, 5.74) is 2.68. The molecule has 2 fully saturated rings. The summed E-state index contributed by atoms with van der Waals surface area (Å²) >= 11 is 0. The molecule has 1 amide bonds. The van der Waals surface area contributed by atoms with Crippen LogP contribution in [0.1, 0.15) is 22.5 Å². The summed E-state index contributed by atoms with van der Waals surface area (Å²) in [6.07, 6.45) is 2.54. The average molecular weight is 466 g/mol. The van der Waals surface area contributed by atoms with Crippen LogP contribution in [-0.4, -0.2) is 46.1 Å². The highest BCUT2D eigenvalue weighted by Gasteiger charge is 2.60. The summed E-state index contributed by atoms with van der Waals surface area (Å²) in [6.45, 7) is 2.62. The summed E-state index contributed by atoms with van der Waals surface area (Å²) in [6, 6.07) is 30.6. The van der Waals surface area contributed by atoms with Gasteiger partial charge in [0.25, 0.3) is 0 Å². The zero-order chi connectivity index (χ0) is 23.7. The van der Waals surface area contributed by atoms with Gasteiger partial charge in [-0.05, 0) is 16.7 Å². The van der Waals surface area contributed by atoms with Crippen molar-refractivity contribution < 1.29 is 13.9 Å². The fourth-order valence-electron chi connectivity index (χ4n) is 5.66. The molecule has 1 aromatic heterocycles. The third-order valence-corrected chi connectivity index (χ3v) is 7.22. The molecule has 2 aliphatic heterocycles. The Morgan fingerprint density at radius 3 is 2.11 bits per heavy atom. The largest absolute Gasteiger partial charge is 0.447 e. The van der Waals surface area contributed by atoms with Crippen molar-refractivity contribution in [2.75, 3.05) is 13.1 Å². The van der Waals surface area contributed by atoms with Crippen LogP contribution >= 0.6 is 0 Å². The fourth-order valence-corrected chi connectivity index (χ4v) is 5.66. The normalized spacial score (nSPS) is 24.2. The van der Waals surface area contributed by atoms with Gasteiger partial charge in [0.05, 0.1) is 12.2 Å². The van der Waals surface area contributed by atoms with Gasteiger partial charge in [-0.2, -0.15) is 0 Å². The van der Waals surface area contributed by atoms with Crippen molar-refractivity contribution in [3.8, 4) is 0 Å². The Morgan fingerprint density at radius 2 is 1.49 bits per heavy atom. The second-order valence-corrected chi connectivity index (χ2v) is 9.34.